The van der Waals surface area contributed by atoms with Crippen molar-refractivity contribution < 1.29 is 31.4 Å². The fourth-order valence-electron chi connectivity index (χ4n) is 0.0227. The van der Waals surface area contributed by atoms with Crippen LogP contribution in [0.3, 0.4) is 0 Å². The molecule has 0 rings (SSSR count). The molecule has 0 aliphatic rings. The monoisotopic (exact) mass is 137 g/mol. The van der Waals surface area contributed by atoms with Crippen molar-refractivity contribution in [1.29, 1.82) is 0 Å². The second-order valence-corrected chi connectivity index (χ2v) is 0.329. The summed E-state index contributed by atoms with van der Waals surface area (Å²) in [5.41, 5.74) is 0. The van der Waals surface area contributed by atoms with Crippen LogP contribution in [0, 0.1) is 0 Å². The summed E-state index contributed by atoms with van der Waals surface area (Å²) >= 11 is 0. The molecule has 0 N–H and O–H groups in total. The summed E-state index contributed by atoms with van der Waals surface area (Å²) in [6, 6.07) is 0. The van der Waals surface area contributed by atoms with Crippen LogP contribution in [0.25, 0.3) is 0 Å². The van der Waals surface area contributed by atoms with E-state index in [1.165, 1.54) is 0 Å². The molecular formula is C2H2CuO3. The second kappa shape index (κ2) is 8.82. The van der Waals surface area contributed by atoms with E-state index in [0.717, 1.165) is 0 Å². The van der Waals surface area contributed by atoms with Gasteiger partial charge in [0.1, 0.15) is 0 Å². The molecule has 39 valence electrons. The van der Waals surface area contributed by atoms with Gasteiger partial charge in [-0.15, -0.1) is 0 Å². The number of carbonyl (C=O) groups excluding carboxylic acids is 2. The van der Waals surface area contributed by atoms with Gasteiger partial charge in [-0.1, -0.05) is 0 Å². The Morgan fingerprint density at radius 1 is 1.17 bits per heavy atom. The molecule has 0 unspecified atom stereocenters. The molecular weight excluding hydrogens is 136 g/mol. The fraction of sp³-hybridized carbons (Fsp3) is 0. The van der Waals surface area contributed by atoms with Crippen LogP contribution in [0.4, 0.5) is 0 Å². The zero-order valence-electron chi connectivity index (χ0n) is 2.68. The summed E-state index contributed by atoms with van der Waals surface area (Å²) < 4.78 is 3.47. The van der Waals surface area contributed by atoms with Gasteiger partial charge < -0.3 is 4.74 Å². The quantitative estimate of drug-likeness (QED) is 0.288. The predicted octanol–water partition coefficient (Wildman–Crippen LogP) is -0.687. The first-order valence-corrected chi connectivity index (χ1v) is 0.943. The standard InChI is InChI=1S/C2H2O3.Cu/c3-1-5-2-4;/h1-2H;. The van der Waals surface area contributed by atoms with E-state index in [0.29, 0.717) is 0 Å². The zero-order valence-corrected chi connectivity index (χ0v) is 3.62. The van der Waals surface area contributed by atoms with E-state index in [1.807, 2.05) is 0 Å². The van der Waals surface area contributed by atoms with Crippen LogP contribution in [-0.2, 0) is 31.4 Å². The van der Waals surface area contributed by atoms with E-state index < -0.39 is 0 Å². The molecule has 0 bridgehead atoms. The Bertz CT molecular complexity index is 38.1. The number of carbonyl (C=O) groups is 2. The van der Waals surface area contributed by atoms with Crippen molar-refractivity contribution in [3.63, 3.8) is 0 Å². The molecule has 0 aliphatic carbocycles. The van der Waals surface area contributed by atoms with Crippen LogP contribution in [0.15, 0.2) is 0 Å². The minimum atomic E-state index is 0. The third-order valence-corrected chi connectivity index (χ3v) is 0.111. The average molecular weight is 138 g/mol. The molecule has 0 spiro atoms. The Balaban J connectivity index is 0. The van der Waals surface area contributed by atoms with Crippen LogP contribution in [0.1, 0.15) is 0 Å². The number of ether oxygens (including phenoxy) is 1. The maximum absolute atomic E-state index is 8.95. The van der Waals surface area contributed by atoms with Crippen molar-refractivity contribution >= 4 is 12.9 Å². The molecule has 0 atom stereocenters. The summed E-state index contributed by atoms with van der Waals surface area (Å²) in [5, 5.41) is 0. The van der Waals surface area contributed by atoms with Crippen LogP contribution in [0.5, 0.6) is 0 Å². The SMILES string of the molecule is O=COC=O.[Cu]. The van der Waals surface area contributed by atoms with Gasteiger partial charge >= 0.3 is 12.9 Å². The van der Waals surface area contributed by atoms with Gasteiger partial charge in [-0.25, -0.2) is 0 Å². The molecule has 4 heteroatoms. The van der Waals surface area contributed by atoms with Crippen molar-refractivity contribution in [2.75, 3.05) is 0 Å². The molecule has 0 fully saturated rings. The summed E-state index contributed by atoms with van der Waals surface area (Å²) in [6.45, 7) is 0.125. The van der Waals surface area contributed by atoms with E-state index in [9.17, 15) is 0 Å². The molecule has 0 heterocycles. The minimum absolute atomic E-state index is 0. The predicted molar refractivity (Wildman–Crippen MR) is 13.2 cm³/mol. The molecule has 6 heavy (non-hydrogen) atoms. The first-order valence-electron chi connectivity index (χ1n) is 0.943. The smallest absolute Gasteiger partial charge is 0.300 e. The summed E-state index contributed by atoms with van der Waals surface area (Å²) in [7, 11) is 0. The summed E-state index contributed by atoms with van der Waals surface area (Å²) in [4.78, 5) is 17.9. The van der Waals surface area contributed by atoms with E-state index in [1.54, 1.807) is 0 Å². The van der Waals surface area contributed by atoms with Crippen LogP contribution in [0.2, 0.25) is 0 Å². The van der Waals surface area contributed by atoms with Crippen LogP contribution >= 0.6 is 0 Å². The topological polar surface area (TPSA) is 43.4 Å². The van der Waals surface area contributed by atoms with Crippen molar-refractivity contribution in [2.24, 2.45) is 0 Å². The number of hydrogen-bond acceptors (Lipinski definition) is 3. The molecule has 0 amide bonds. The van der Waals surface area contributed by atoms with Gasteiger partial charge in [-0.05, 0) is 0 Å². The van der Waals surface area contributed by atoms with Gasteiger partial charge in [0.15, 0.2) is 0 Å². The Kier molecular flexibility index (Phi) is 13.5. The number of hydrogen-bond donors (Lipinski definition) is 0. The van der Waals surface area contributed by atoms with Gasteiger partial charge in [0.2, 0.25) is 0 Å². The Hall–Kier alpha value is -0.341. The van der Waals surface area contributed by atoms with E-state index in [-0.39, 0.29) is 30.0 Å². The fourth-order valence-corrected chi connectivity index (χ4v) is 0.0227. The second-order valence-electron chi connectivity index (χ2n) is 0.329. The molecule has 3 nitrogen and oxygen atoms in total. The normalized spacial score (nSPS) is 4.67. The van der Waals surface area contributed by atoms with Gasteiger partial charge in [0.05, 0.1) is 0 Å². The Morgan fingerprint density at radius 3 is 1.50 bits per heavy atom. The first-order chi connectivity index (χ1) is 2.41. The third-order valence-electron chi connectivity index (χ3n) is 0.111. The van der Waals surface area contributed by atoms with Gasteiger partial charge in [-0.2, -0.15) is 0 Å². The summed E-state index contributed by atoms with van der Waals surface area (Å²) in [5.74, 6) is 0. The Labute approximate surface area is 45.1 Å². The maximum Gasteiger partial charge on any atom is 0.300 e. The van der Waals surface area contributed by atoms with E-state index >= 15 is 0 Å². The molecule has 0 aromatic carbocycles. The largest absolute Gasteiger partial charge is 0.398 e. The van der Waals surface area contributed by atoms with Gasteiger partial charge in [0, 0.05) is 17.1 Å². The molecule has 0 aromatic heterocycles. The first kappa shape index (κ1) is 9.18. The average Bonchev–Trinajstić information content (AvgIpc) is 1.41. The van der Waals surface area contributed by atoms with Crippen LogP contribution < -0.4 is 0 Å². The Morgan fingerprint density at radius 2 is 1.50 bits per heavy atom. The minimum Gasteiger partial charge on any atom is -0.398 e. The third kappa shape index (κ3) is 9.40. The summed E-state index contributed by atoms with van der Waals surface area (Å²) in [6.07, 6.45) is 0. The molecule has 0 aliphatic heterocycles. The van der Waals surface area contributed by atoms with E-state index in [4.69, 9.17) is 9.59 Å². The maximum atomic E-state index is 8.95. The molecule has 0 saturated carbocycles. The zero-order chi connectivity index (χ0) is 4.12. The van der Waals surface area contributed by atoms with Crippen molar-refractivity contribution in [1.82, 2.24) is 0 Å². The molecule has 0 saturated heterocycles. The van der Waals surface area contributed by atoms with Crippen molar-refractivity contribution in [3.05, 3.63) is 0 Å². The van der Waals surface area contributed by atoms with Crippen LogP contribution in [-0.4, -0.2) is 12.9 Å². The number of rotatable bonds is 2. The van der Waals surface area contributed by atoms with Crippen molar-refractivity contribution in [2.45, 2.75) is 0 Å². The van der Waals surface area contributed by atoms with Gasteiger partial charge in [-0.3, -0.25) is 9.59 Å². The molecule has 0 aromatic rings. The van der Waals surface area contributed by atoms with Gasteiger partial charge in [0.25, 0.3) is 0 Å². The molecule has 1 radical (unpaired) electrons. The van der Waals surface area contributed by atoms with E-state index in [2.05, 4.69) is 4.74 Å². The van der Waals surface area contributed by atoms with Crippen molar-refractivity contribution in [3.8, 4) is 0 Å².